The zero-order chi connectivity index (χ0) is 21.1. The molecule has 28 heavy (non-hydrogen) atoms. The zero-order valence-corrected chi connectivity index (χ0v) is 18.1. The molecule has 1 fully saturated rings. The average molecular weight is 391 g/mol. The molecule has 0 aromatic heterocycles. The Morgan fingerprint density at radius 1 is 1.18 bits per heavy atom. The van der Waals surface area contributed by atoms with Gasteiger partial charge in [0.1, 0.15) is 5.60 Å². The Hall–Kier alpha value is -2.44. The molecule has 1 aromatic rings. The van der Waals surface area contributed by atoms with E-state index >= 15 is 0 Å². The van der Waals surface area contributed by atoms with Gasteiger partial charge in [0.25, 0.3) is 0 Å². The number of anilines is 2. The Bertz CT molecular complexity index is 723. The number of rotatable bonds is 6. The maximum absolute atomic E-state index is 12.6. The molecule has 1 atom stereocenters. The van der Waals surface area contributed by atoms with Crippen molar-refractivity contribution < 1.29 is 14.3 Å². The number of amides is 3. The lowest BCUT2D eigenvalue weighted by Crippen LogP contribution is -2.56. The molecule has 0 spiro atoms. The van der Waals surface area contributed by atoms with Gasteiger partial charge in [0.2, 0.25) is 0 Å². The van der Waals surface area contributed by atoms with Crippen molar-refractivity contribution in [1.29, 1.82) is 0 Å². The summed E-state index contributed by atoms with van der Waals surface area (Å²) < 4.78 is 5.30. The fraction of sp³-hybridized carbons (Fsp3) is 0.619. The monoisotopic (exact) mass is 390 g/mol. The van der Waals surface area contributed by atoms with E-state index in [1.54, 1.807) is 0 Å². The van der Waals surface area contributed by atoms with E-state index in [2.05, 4.69) is 16.0 Å². The van der Waals surface area contributed by atoms with Crippen LogP contribution in [0.5, 0.6) is 0 Å². The van der Waals surface area contributed by atoms with Crippen LogP contribution in [0.4, 0.5) is 21.0 Å². The first-order chi connectivity index (χ1) is 12.9. The number of carbonyl (C=O) groups excluding carboxylic acids is 2. The summed E-state index contributed by atoms with van der Waals surface area (Å²) in [7, 11) is 3.97. The standard InChI is InChI=1S/C21H34N4O3/c1-14-12-16(10-11-17(14)25(6)7)23-18(26)24-21(5,15-8-9-15)13-22-19(27)28-20(2,3)4/h10-12,15H,8-9,13H2,1-7H3,(H,22,27)(H2,23,24,26)/t21-/m0/s1. The Morgan fingerprint density at radius 3 is 2.32 bits per heavy atom. The Kier molecular flexibility index (Phi) is 6.47. The predicted octanol–water partition coefficient (Wildman–Crippen LogP) is 3.88. The Morgan fingerprint density at radius 2 is 1.82 bits per heavy atom. The highest BCUT2D eigenvalue weighted by molar-refractivity contribution is 5.90. The van der Waals surface area contributed by atoms with Crippen molar-refractivity contribution in [3.8, 4) is 0 Å². The van der Waals surface area contributed by atoms with Gasteiger partial charge in [-0.25, -0.2) is 9.59 Å². The smallest absolute Gasteiger partial charge is 0.407 e. The molecule has 0 bridgehead atoms. The minimum absolute atomic E-state index is 0.280. The van der Waals surface area contributed by atoms with Gasteiger partial charge in [-0.05, 0) is 77.1 Å². The van der Waals surface area contributed by atoms with E-state index < -0.39 is 17.2 Å². The van der Waals surface area contributed by atoms with Crippen LogP contribution in [0.25, 0.3) is 0 Å². The molecule has 0 aliphatic heterocycles. The van der Waals surface area contributed by atoms with Crippen molar-refractivity contribution in [2.45, 2.75) is 58.6 Å². The lowest BCUT2D eigenvalue weighted by Gasteiger charge is -2.32. The number of carbonyl (C=O) groups is 2. The molecule has 3 amide bonds. The van der Waals surface area contributed by atoms with Crippen LogP contribution in [0.3, 0.4) is 0 Å². The van der Waals surface area contributed by atoms with Gasteiger partial charge in [0, 0.05) is 32.0 Å². The molecule has 7 heteroatoms. The SMILES string of the molecule is Cc1cc(NC(=O)N[C@@](C)(CNC(=O)OC(C)(C)C)C2CC2)ccc1N(C)C. The second kappa shape index (κ2) is 8.29. The van der Waals surface area contributed by atoms with E-state index in [9.17, 15) is 9.59 Å². The predicted molar refractivity (Wildman–Crippen MR) is 113 cm³/mol. The second-order valence-corrected chi connectivity index (χ2v) is 9.02. The van der Waals surface area contributed by atoms with Crippen molar-refractivity contribution >= 4 is 23.5 Å². The first-order valence-corrected chi connectivity index (χ1v) is 9.73. The molecular weight excluding hydrogens is 356 g/mol. The van der Waals surface area contributed by atoms with Crippen molar-refractivity contribution in [2.24, 2.45) is 5.92 Å². The number of aryl methyl sites for hydroxylation is 1. The summed E-state index contributed by atoms with van der Waals surface area (Å²) in [6.07, 6.45) is 1.59. The van der Waals surface area contributed by atoms with Crippen LogP contribution in [-0.2, 0) is 4.74 Å². The Labute approximate surface area is 168 Å². The molecule has 0 saturated heterocycles. The maximum atomic E-state index is 12.6. The molecule has 156 valence electrons. The van der Waals surface area contributed by atoms with Gasteiger partial charge in [-0.15, -0.1) is 0 Å². The van der Waals surface area contributed by atoms with Crippen LogP contribution >= 0.6 is 0 Å². The van der Waals surface area contributed by atoms with E-state index in [0.29, 0.717) is 12.5 Å². The lowest BCUT2D eigenvalue weighted by molar-refractivity contribution is 0.0509. The largest absolute Gasteiger partial charge is 0.444 e. The molecule has 2 rings (SSSR count). The number of nitrogens with zero attached hydrogens (tertiary/aromatic N) is 1. The third kappa shape index (κ3) is 6.32. The molecule has 0 heterocycles. The quantitative estimate of drug-likeness (QED) is 0.688. The highest BCUT2D eigenvalue weighted by atomic mass is 16.6. The van der Waals surface area contributed by atoms with Crippen LogP contribution in [0, 0.1) is 12.8 Å². The summed E-state index contributed by atoms with van der Waals surface area (Å²) in [6, 6.07) is 5.53. The maximum Gasteiger partial charge on any atom is 0.407 e. The number of hydrogen-bond donors (Lipinski definition) is 3. The number of benzene rings is 1. The van der Waals surface area contributed by atoms with Gasteiger partial charge < -0.3 is 25.6 Å². The van der Waals surface area contributed by atoms with Gasteiger partial charge >= 0.3 is 12.1 Å². The molecule has 0 radical (unpaired) electrons. The average Bonchev–Trinajstić information content (AvgIpc) is 3.36. The number of nitrogens with one attached hydrogen (secondary N) is 3. The van der Waals surface area contributed by atoms with E-state index in [1.165, 1.54) is 0 Å². The van der Waals surface area contributed by atoms with Crippen LogP contribution in [0.1, 0.15) is 46.1 Å². The minimum atomic E-state index is -0.554. The minimum Gasteiger partial charge on any atom is -0.444 e. The summed E-state index contributed by atoms with van der Waals surface area (Å²) in [5.41, 5.74) is 1.84. The van der Waals surface area contributed by atoms with Crippen LogP contribution in [0.2, 0.25) is 0 Å². The molecule has 1 saturated carbocycles. The summed E-state index contributed by atoms with van der Waals surface area (Å²) in [6.45, 7) is 9.75. The summed E-state index contributed by atoms with van der Waals surface area (Å²) >= 11 is 0. The highest BCUT2D eigenvalue weighted by Gasteiger charge is 2.43. The summed E-state index contributed by atoms with van der Waals surface area (Å²) in [5, 5.41) is 8.74. The van der Waals surface area contributed by atoms with Gasteiger partial charge in [0.15, 0.2) is 0 Å². The fourth-order valence-corrected chi connectivity index (χ4v) is 3.24. The van der Waals surface area contributed by atoms with Gasteiger partial charge in [0.05, 0.1) is 5.54 Å². The fourth-order valence-electron chi connectivity index (χ4n) is 3.24. The summed E-state index contributed by atoms with van der Waals surface area (Å²) in [4.78, 5) is 26.6. The van der Waals surface area contributed by atoms with Gasteiger partial charge in [-0.2, -0.15) is 0 Å². The van der Waals surface area contributed by atoms with Crippen LogP contribution in [-0.4, -0.2) is 43.9 Å². The van der Waals surface area contributed by atoms with E-state index in [1.807, 2.05) is 71.8 Å². The van der Waals surface area contributed by atoms with Crippen molar-refractivity contribution in [3.05, 3.63) is 23.8 Å². The van der Waals surface area contributed by atoms with E-state index in [4.69, 9.17) is 4.74 Å². The molecule has 7 nitrogen and oxygen atoms in total. The van der Waals surface area contributed by atoms with E-state index in [-0.39, 0.29) is 6.03 Å². The topological polar surface area (TPSA) is 82.7 Å². The van der Waals surface area contributed by atoms with Gasteiger partial charge in [-0.3, -0.25) is 0 Å². The Balaban J connectivity index is 1.97. The van der Waals surface area contributed by atoms with E-state index in [0.717, 1.165) is 29.8 Å². The lowest BCUT2D eigenvalue weighted by atomic mass is 9.96. The first kappa shape index (κ1) is 21.9. The molecule has 3 N–H and O–H groups in total. The number of urea groups is 1. The van der Waals surface area contributed by atoms with Crippen molar-refractivity contribution in [1.82, 2.24) is 10.6 Å². The number of hydrogen-bond acceptors (Lipinski definition) is 4. The summed E-state index contributed by atoms with van der Waals surface area (Å²) in [5.74, 6) is 0.339. The second-order valence-electron chi connectivity index (χ2n) is 9.02. The molecule has 1 aliphatic carbocycles. The first-order valence-electron chi connectivity index (χ1n) is 9.73. The highest BCUT2D eigenvalue weighted by Crippen LogP contribution is 2.39. The van der Waals surface area contributed by atoms with Crippen molar-refractivity contribution in [2.75, 3.05) is 30.9 Å². The molecule has 0 unspecified atom stereocenters. The van der Waals surface area contributed by atoms with Crippen LogP contribution < -0.4 is 20.9 Å². The van der Waals surface area contributed by atoms with Crippen molar-refractivity contribution in [3.63, 3.8) is 0 Å². The number of ether oxygens (including phenoxy) is 1. The van der Waals surface area contributed by atoms with Gasteiger partial charge in [-0.1, -0.05) is 0 Å². The number of alkyl carbamates (subject to hydrolysis) is 1. The molecule has 1 aromatic carbocycles. The third-order valence-corrected chi connectivity index (χ3v) is 4.81. The van der Waals surface area contributed by atoms with Crippen LogP contribution in [0.15, 0.2) is 18.2 Å². The normalized spacial score (nSPS) is 16.0. The molecular formula is C21H34N4O3. The zero-order valence-electron chi connectivity index (χ0n) is 18.1. The third-order valence-electron chi connectivity index (χ3n) is 4.81. The molecule has 1 aliphatic rings.